The van der Waals surface area contributed by atoms with Crippen molar-refractivity contribution >= 4 is 37.3 Å². The number of amides is 1. The van der Waals surface area contributed by atoms with Gasteiger partial charge in [-0.15, -0.1) is 4.83 Å². The zero-order chi connectivity index (χ0) is 30.4. The summed E-state index contributed by atoms with van der Waals surface area (Å²) in [6.45, 7) is 5.85. The van der Waals surface area contributed by atoms with E-state index in [1.807, 2.05) is 18.7 Å². The van der Waals surface area contributed by atoms with Gasteiger partial charge in [-0.2, -0.15) is 0 Å². The van der Waals surface area contributed by atoms with Crippen molar-refractivity contribution in [1.82, 2.24) is 10.3 Å². The average Bonchev–Trinajstić information content (AvgIpc) is 2.91. The number of nitrogen functional groups attached to an aromatic ring is 1. The largest absolute Gasteiger partial charge is 0.490 e. The van der Waals surface area contributed by atoms with E-state index in [1.54, 1.807) is 49.4 Å². The lowest BCUT2D eigenvalue weighted by Crippen LogP contribution is -2.45. The van der Waals surface area contributed by atoms with Gasteiger partial charge in [-0.25, -0.2) is 16.8 Å². The second kappa shape index (κ2) is 13.0. The van der Waals surface area contributed by atoms with E-state index < -0.39 is 41.6 Å². The number of hydrogen-bond acceptors (Lipinski definition) is 9. The summed E-state index contributed by atoms with van der Waals surface area (Å²) in [6, 6.07) is 15.2. The second-order valence-electron chi connectivity index (χ2n) is 9.19. The van der Waals surface area contributed by atoms with Crippen LogP contribution in [0.2, 0.25) is 0 Å². The van der Waals surface area contributed by atoms with E-state index in [2.05, 4.69) is 10.7 Å². The molecule has 0 aliphatic rings. The summed E-state index contributed by atoms with van der Waals surface area (Å²) in [5.41, 5.74) is 9.08. The number of carbonyl (C=O) groups is 1. The van der Waals surface area contributed by atoms with E-state index in [-0.39, 0.29) is 11.9 Å². The van der Waals surface area contributed by atoms with Crippen molar-refractivity contribution in [3.8, 4) is 11.5 Å². The molecular formula is C27H33N5O7S2. The summed E-state index contributed by atoms with van der Waals surface area (Å²) >= 11 is 0. The third kappa shape index (κ3) is 8.19. The van der Waals surface area contributed by atoms with E-state index in [0.717, 1.165) is 18.4 Å². The standard InChI is InChI=1S/C27H33N5O7S2/c1-5-38-22-16-19(12-15-21(22)39-17(2)3)25(30-20-13-10-18(11-14-20)26(28)29)27(33)31-32-41(36,37)24-9-7-6-8-23(24)40(4,34)35/h6-17,25,30,32H,5H2,1-4H3,(H3,28,29)(H,31,33). The van der Waals surface area contributed by atoms with Crippen LogP contribution in [0.25, 0.3) is 0 Å². The smallest absolute Gasteiger partial charge is 0.262 e. The molecule has 0 spiro atoms. The van der Waals surface area contributed by atoms with Crippen LogP contribution in [0.5, 0.6) is 11.5 Å². The van der Waals surface area contributed by atoms with Crippen molar-refractivity contribution in [2.24, 2.45) is 5.73 Å². The van der Waals surface area contributed by atoms with Crippen molar-refractivity contribution in [2.75, 3.05) is 18.2 Å². The lowest BCUT2D eigenvalue weighted by molar-refractivity contribution is -0.122. The van der Waals surface area contributed by atoms with Crippen LogP contribution in [0.15, 0.2) is 76.5 Å². The Balaban J connectivity index is 1.97. The summed E-state index contributed by atoms with van der Waals surface area (Å²) < 4.78 is 61.9. The number of anilines is 1. The van der Waals surface area contributed by atoms with Gasteiger partial charge in [0.1, 0.15) is 16.8 Å². The fourth-order valence-corrected chi connectivity index (χ4v) is 6.24. The number of amidine groups is 1. The summed E-state index contributed by atoms with van der Waals surface area (Å²) in [7, 11) is -8.36. The number of rotatable bonds is 13. The molecule has 0 aliphatic heterocycles. The maximum absolute atomic E-state index is 13.5. The minimum absolute atomic E-state index is 0.128. The van der Waals surface area contributed by atoms with Gasteiger partial charge in [0.05, 0.1) is 17.6 Å². The molecule has 0 fully saturated rings. The first kappa shape index (κ1) is 31.4. The highest BCUT2D eigenvalue weighted by Crippen LogP contribution is 2.33. The van der Waals surface area contributed by atoms with Crippen molar-refractivity contribution in [3.63, 3.8) is 0 Å². The van der Waals surface area contributed by atoms with Gasteiger partial charge in [0.25, 0.3) is 15.9 Å². The number of hydrogen-bond donors (Lipinski definition) is 5. The summed E-state index contributed by atoms with van der Waals surface area (Å²) in [6.07, 6.45) is 0.751. The number of ether oxygens (including phenoxy) is 2. The van der Waals surface area contributed by atoms with Crippen LogP contribution >= 0.6 is 0 Å². The number of sulfonamides is 1. The zero-order valence-electron chi connectivity index (χ0n) is 23.0. The maximum atomic E-state index is 13.5. The highest BCUT2D eigenvalue weighted by molar-refractivity contribution is 7.93. The molecule has 0 aliphatic carbocycles. The minimum atomic E-state index is -4.48. The lowest BCUT2D eigenvalue weighted by Gasteiger charge is -2.22. The van der Waals surface area contributed by atoms with E-state index >= 15 is 0 Å². The van der Waals surface area contributed by atoms with Crippen LogP contribution < -0.4 is 30.8 Å². The van der Waals surface area contributed by atoms with Gasteiger partial charge in [-0.1, -0.05) is 18.2 Å². The molecule has 6 N–H and O–H groups in total. The predicted molar refractivity (Wildman–Crippen MR) is 155 cm³/mol. The molecule has 3 aromatic carbocycles. The van der Waals surface area contributed by atoms with Crippen molar-refractivity contribution in [2.45, 2.75) is 42.7 Å². The molecule has 0 saturated carbocycles. The molecule has 0 heterocycles. The molecule has 0 aromatic heterocycles. The van der Waals surface area contributed by atoms with Crippen molar-refractivity contribution in [1.29, 1.82) is 5.41 Å². The molecule has 3 aromatic rings. The van der Waals surface area contributed by atoms with Crippen LogP contribution in [0.4, 0.5) is 5.69 Å². The Bertz CT molecular complexity index is 1620. The molecule has 1 amide bonds. The summed E-state index contributed by atoms with van der Waals surface area (Å²) in [5.74, 6) is -0.0840. The first-order chi connectivity index (χ1) is 19.2. The molecule has 0 radical (unpaired) electrons. The van der Waals surface area contributed by atoms with Gasteiger partial charge in [0.2, 0.25) is 0 Å². The second-order valence-corrected chi connectivity index (χ2v) is 12.8. The molecule has 220 valence electrons. The molecule has 12 nitrogen and oxygen atoms in total. The van der Waals surface area contributed by atoms with Crippen LogP contribution in [-0.4, -0.2) is 47.5 Å². The Hall–Kier alpha value is -4.14. The quantitative estimate of drug-likeness (QED) is 0.111. The summed E-state index contributed by atoms with van der Waals surface area (Å²) in [4.78, 5) is 14.5. The first-order valence-electron chi connectivity index (χ1n) is 12.5. The van der Waals surface area contributed by atoms with E-state index in [4.69, 9.17) is 20.6 Å². The fraction of sp³-hybridized carbons (Fsp3) is 0.259. The third-order valence-corrected chi connectivity index (χ3v) is 8.17. The summed E-state index contributed by atoms with van der Waals surface area (Å²) in [5, 5.41) is 10.6. The number of nitrogens with one attached hydrogen (secondary N) is 4. The SMILES string of the molecule is CCOc1cc(C(Nc2ccc(C(=N)N)cc2)C(=O)NNS(=O)(=O)c2ccccc2S(C)(=O)=O)ccc1OC(C)C. The monoisotopic (exact) mass is 603 g/mol. The Morgan fingerprint density at radius 2 is 1.59 bits per heavy atom. The van der Waals surface area contributed by atoms with E-state index in [0.29, 0.717) is 34.9 Å². The number of hydrazine groups is 1. The number of nitrogens with two attached hydrogens (primary N) is 1. The number of sulfone groups is 1. The molecule has 14 heteroatoms. The molecule has 0 bridgehead atoms. The predicted octanol–water partition coefficient (Wildman–Crippen LogP) is 2.72. The van der Waals surface area contributed by atoms with Crippen LogP contribution in [0, 0.1) is 5.41 Å². The minimum Gasteiger partial charge on any atom is -0.490 e. The number of benzene rings is 3. The van der Waals surface area contributed by atoms with E-state index in [9.17, 15) is 21.6 Å². The van der Waals surface area contributed by atoms with Crippen LogP contribution in [0.3, 0.4) is 0 Å². The maximum Gasteiger partial charge on any atom is 0.262 e. The third-order valence-electron chi connectivity index (χ3n) is 5.58. The van der Waals surface area contributed by atoms with Crippen LogP contribution in [-0.2, 0) is 24.7 Å². The molecular weight excluding hydrogens is 570 g/mol. The Kier molecular flexibility index (Phi) is 9.97. The Morgan fingerprint density at radius 3 is 2.15 bits per heavy atom. The van der Waals surface area contributed by atoms with Crippen molar-refractivity contribution in [3.05, 3.63) is 77.9 Å². The molecule has 0 saturated heterocycles. The molecule has 3 rings (SSSR count). The van der Waals surface area contributed by atoms with Crippen LogP contribution in [0.1, 0.15) is 37.9 Å². The van der Waals surface area contributed by atoms with E-state index in [1.165, 1.54) is 12.1 Å². The van der Waals surface area contributed by atoms with Gasteiger partial charge in [-0.3, -0.25) is 15.6 Å². The van der Waals surface area contributed by atoms with Gasteiger partial charge < -0.3 is 20.5 Å². The lowest BCUT2D eigenvalue weighted by atomic mass is 10.0. The normalized spacial score (nSPS) is 12.4. The van der Waals surface area contributed by atoms with Gasteiger partial charge in [-0.05, 0) is 74.9 Å². The Labute approximate surface area is 239 Å². The van der Waals surface area contributed by atoms with Crippen molar-refractivity contribution < 1.29 is 31.1 Å². The average molecular weight is 604 g/mol. The highest BCUT2D eigenvalue weighted by atomic mass is 32.2. The van der Waals surface area contributed by atoms with Gasteiger partial charge >= 0.3 is 0 Å². The molecule has 1 atom stereocenters. The highest BCUT2D eigenvalue weighted by Gasteiger charge is 2.27. The first-order valence-corrected chi connectivity index (χ1v) is 15.9. The molecule has 41 heavy (non-hydrogen) atoms. The van der Waals surface area contributed by atoms with Gasteiger partial charge in [0.15, 0.2) is 21.3 Å². The topological polar surface area (TPSA) is 190 Å². The molecule has 1 unspecified atom stereocenters. The fourth-order valence-electron chi connectivity index (χ4n) is 3.76. The zero-order valence-corrected chi connectivity index (χ0v) is 24.6. The Morgan fingerprint density at radius 1 is 0.951 bits per heavy atom. The number of carbonyl (C=O) groups excluding carboxylic acids is 1. The van der Waals surface area contributed by atoms with Gasteiger partial charge in [0, 0.05) is 17.5 Å².